The lowest BCUT2D eigenvalue weighted by Gasteiger charge is -2.71. The molecule has 12 heavy (non-hydrogen) atoms. The molecule has 2 bridgehead atoms. The van der Waals surface area contributed by atoms with Gasteiger partial charge in [-0.2, -0.15) is 0 Å². The van der Waals surface area contributed by atoms with Gasteiger partial charge in [0.05, 0.1) is 5.60 Å². The van der Waals surface area contributed by atoms with E-state index in [-0.39, 0.29) is 5.60 Å². The van der Waals surface area contributed by atoms with Crippen LogP contribution >= 0.6 is 0 Å². The second-order valence-corrected chi connectivity index (χ2v) is 5.00. The average Bonchev–Trinajstić information content (AvgIpc) is 1.99. The summed E-state index contributed by atoms with van der Waals surface area (Å²) < 4.78 is 5.34. The topological polar surface area (TPSA) is 29.5 Å². The van der Waals surface area contributed by atoms with Crippen LogP contribution in [0.4, 0.5) is 0 Å². The highest BCUT2D eigenvalue weighted by molar-refractivity contribution is 5.20. The van der Waals surface area contributed by atoms with E-state index in [9.17, 15) is 5.11 Å². The van der Waals surface area contributed by atoms with E-state index in [2.05, 4.69) is 0 Å². The molecule has 4 rings (SSSR count). The SMILES string of the molecule is OC12CC(C3CCOCC3)(C1)C2. The molecular formula is C10H16O2. The lowest BCUT2D eigenvalue weighted by Crippen LogP contribution is -2.70. The minimum Gasteiger partial charge on any atom is -0.390 e. The third kappa shape index (κ3) is 0.775. The zero-order chi connectivity index (χ0) is 8.23. The Kier molecular flexibility index (Phi) is 1.25. The van der Waals surface area contributed by atoms with Gasteiger partial charge in [-0.05, 0) is 43.4 Å². The summed E-state index contributed by atoms with van der Waals surface area (Å²) in [6.45, 7) is 1.90. The molecule has 0 spiro atoms. The van der Waals surface area contributed by atoms with E-state index >= 15 is 0 Å². The quantitative estimate of drug-likeness (QED) is 0.640. The minimum absolute atomic E-state index is 0.210. The third-order valence-corrected chi connectivity index (χ3v) is 4.13. The molecule has 2 nitrogen and oxygen atoms in total. The standard InChI is InChI=1S/C10H16O2/c11-10-5-9(6-10,7-10)8-1-3-12-4-2-8/h8,11H,1-7H2. The fraction of sp³-hybridized carbons (Fsp3) is 1.00. The van der Waals surface area contributed by atoms with E-state index in [0.29, 0.717) is 5.41 Å². The Bertz CT molecular complexity index is 186. The van der Waals surface area contributed by atoms with Gasteiger partial charge in [0.15, 0.2) is 0 Å². The molecule has 2 heteroatoms. The first-order valence-electron chi connectivity index (χ1n) is 5.03. The van der Waals surface area contributed by atoms with E-state index in [1.807, 2.05) is 0 Å². The largest absolute Gasteiger partial charge is 0.390 e. The molecule has 0 aromatic carbocycles. The van der Waals surface area contributed by atoms with E-state index in [1.165, 1.54) is 12.8 Å². The molecule has 0 amide bonds. The van der Waals surface area contributed by atoms with Gasteiger partial charge >= 0.3 is 0 Å². The molecule has 4 fully saturated rings. The van der Waals surface area contributed by atoms with Gasteiger partial charge in [-0.15, -0.1) is 0 Å². The van der Waals surface area contributed by atoms with Crippen LogP contribution in [0.25, 0.3) is 0 Å². The molecule has 1 aliphatic heterocycles. The number of hydrogen-bond acceptors (Lipinski definition) is 2. The van der Waals surface area contributed by atoms with Crippen molar-refractivity contribution in [2.45, 2.75) is 37.7 Å². The van der Waals surface area contributed by atoms with Crippen LogP contribution in [-0.4, -0.2) is 23.9 Å². The molecule has 1 N–H and O–H groups in total. The monoisotopic (exact) mass is 168 g/mol. The van der Waals surface area contributed by atoms with Crippen molar-refractivity contribution in [3.8, 4) is 0 Å². The van der Waals surface area contributed by atoms with Crippen LogP contribution in [0.3, 0.4) is 0 Å². The van der Waals surface area contributed by atoms with Gasteiger partial charge in [-0.1, -0.05) is 0 Å². The minimum atomic E-state index is -0.210. The summed E-state index contributed by atoms with van der Waals surface area (Å²) in [6, 6.07) is 0. The summed E-state index contributed by atoms with van der Waals surface area (Å²) in [6.07, 6.45) is 5.73. The van der Waals surface area contributed by atoms with E-state index in [1.54, 1.807) is 0 Å². The molecule has 0 aromatic heterocycles. The van der Waals surface area contributed by atoms with Crippen LogP contribution in [0.15, 0.2) is 0 Å². The summed E-state index contributed by atoms with van der Waals surface area (Å²) in [4.78, 5) is 0. The molecule has 68 valence electrons. The fourth-order valence-corrected chi connectivity index (χ4v) is 3.55. The van der Waals surface area contributed by atoms with Crippen molar-refractivity contribution in [3.63, 3.8) is 0 Å². The summed E-state index contributed by atoms with van der Waals surface area (Å²) in [5.74, 6) is 0.861. The molecule has 0 unspecified atom stereocenters. The van der Waals surface area contributed by atoms with Crippen molar-refractivity contribution in [1.29, 1.82) is 0 Å². The number of hydrogen-bond donors (Lipinski definition) is 1. The molecule has 3 saturated carbocycles. The Hall–Kier alpha value is -0.0800. The summed E-state index contributed by atoms with van der Waals surface area (Å²) >= 11 is 0. The van der Waals surface area contributed by atoms with Gasteiger partial charge in [0.25, 0.3) is 0 Å². The highest BCUT2D eigenvalue weighted by Crippen LogP contribution is 2.71. The van der Waals surface area contributed by atoms with E-state index in [4.69, 9.17) is 4.74 Å². The van der Waals surface area contributed by atoms with Crippen LogP contribution in [0.2, 0.25) is 0 Å². The first kappa shape index (κ1) is 7.34. The lowest BCUT2D eigenvalue weighted by molar-refractivity contribution is -0.290. The zero-order valence-electron chi connectivity index (χ0n) is 7.38. The van der Waals surface area contributed by atoms with Crippen molar-refractivity contribution in [3.05, 3.63) is 0 Å². The van der Waals surface area contributed by atoms with Gasteiger partial charge in [0.2, 0.25) is 0 Å². The van der Waals surface area contributed by atoms with Crippen molar-refractivity contribution >= 4 is 0 Å². The van der Waals surface area contributed by atoms with Crippen molar-refractivity contribution in [1.82, 2.24) is 0 Å². The van der Waals surface area contributed by atoms with Crippen molar-refractivity contribution in [2.75, 3.05) is 13.2 Å². The molecular weight excluding hydrogens is 152 g/mol. The average molecular weight is 168 g/mol. The number of rotatable bonds is 1. The van der Waals surface area contributed by atoms with Crippen LogP contribution in [0.5, 0.6) is 0 Å². The summed E-state index contributed by atoms with van der Waals surface area (Å²) in [7, 11) is 0. The Labute approximate surface area is 72.9 Å². The van der Waals surface area contributed by atoms with Crippen molar-refractivity contribution < 1.29 is 9.84 Å². The first-order valence-corrected chi connectivity index (χ1v) is 5.03. The molecule has 0 aromatic rings. The van der Waals surface area contributed by atoms with Crippen LogP contribution in [-0.2, 0) is 4.74 Å². The van der Waals surface area contributed by atoms with E-state index < -0.39 is 0 Å². The maximum absolute atomic E-state index is 9.64. The Morgan fingerprint density at radius 2 is 1.67 bits per heavy atom. The normalized spacial score (nSPS) is 52.8. The van der Waals surface area contributed by atoms with Crippen molar-refractivity contribution in [2.24, 2.45) is 11.3 Å². The number of aliphatic hydroxyl groups is 1. The summed E-state index contributed by atoms with van der Waals surface area (Å²) in [5, 5.41) is 9.64. The maximum Gasteiger partial charge on any atom is 0.0664 e. The first-order chi connectivity index (χ1) is 5.73. The van der Waals surface area contributed by atoms with Gasteiger partial charge in [0, 0.05) is 13.2 Å². The molecule has 1 saturated heterocycles. The Morgan fingerprint density at radius 3 is 2.17 bits per heavy atom. The lowest BCUT2D eigenvalue weighted by atomic mass is 9.37. The van der Waals surface area contributed by atoms with Crippen LogP contribution in [0.1, 0.15) is 32.1 Å². The fourth-order valence-electron chi connectivity index (χ4n) is 3.55. The van der Waals surface area contributed by atoms with Gasteiger partial charge in [-0.3, -0.25) is 0 Å². The van der Waals surface area contributed by atoms with Gasteiger partial charge < -0.3 is 9.84 Å². The smallest absolute Gasteiger partial charge is 0.0664 e. The zero-order valence-corrected chi connectivity index (χ0v) is 7.38. The highest BCUT2D eigenvalue weighted by Gasteiger charge is 2.69. The highest BCUT2D eigenvalue weighted by atomic mass is 16.5. The van der Waals surface area contributed by atoms with Gasteiger partial charge in [0.1, 0.15) is 0 Å². The van der Waals surface area contributed by atoms with Gasteiger partial charge in [-0.25, -0.2) is 0 Å². The second-order valence-electron chi connectivity index (χ2n) is 5.00. The molecule has 1 heterocycles. The predicted molar refractivity (Wildman–Crippen MR) is 44.8 cm³/mol. The molecule has 4 aliphatic rings. The molecule has 3 aliphatic carbocycles. The van der Waals surface area contributed by atoms with E-state index in [0.717, 1.165) is 38.4 Å². The van der Waals surface area contributed by atoms with Crippen LogP contribution < -0.4 is 0 Å². The number of ether oxygens (including phenoxy) is 1. The van der Waals surface area contributed by atoms with Crippen LogP contribution in [0, 0.1) is 11.3 Å². The Balaban J connectivity index is 1.67. The maximum atomic E-state index is 9.64. The Morgan fingerprint density at radius 1 is 1.08 bits per heavy atom. The second kappa shape index (κ2) is 2.05. The molecule has 0 radical (unpaired) electrons. The third-order valence-electron chi connectivity index (χ3n) is 4.13. The predicted octanol–water partition coefficient (Wildman–Crippen LogP) is 1.33. The summed E-state index contributed by atoms with van der Waals surface area (Å²) in [5.41, 5.74) is 0.358. The molecule has 0 atom stereocenters.